The van der Waals surface area contributed by atoms with Gasteiger partial charge in [0.25, 0.3) is 11.5 Å². The molecule has 30 nitrogen and oxygen atoms in total. The number of aryl methyl sites for hydroxylation is 4. The fourth-order valence-electron chi connectivity index (χ4n) is 15.0. The first-order valence-corrected chi connectivity index (χ1v) is 41.7. The fourth-order valence-corrected chi connectivity index (χ4v) is 15.9. The predicted molar refractivity (Wildman–Crippen MR) is 454 cm³/mol. The molecule has 1 spiro atoms. The molecule has 9 aromatic rings. The van der Waals surface area contributed by atoms with Crippen molar-refractivity contribution < 1.29 is 48.5 Å². The van der Waals surface area contributed by atoms with Crippen LogP contribution in [0.15, 0.2) is 89.3 Å². The van der Waals surface area contributed by atoms with E-state index >= 15 is 0 Å². The number of alkyl halides is 1. The lowest BCUT2D eigenvalue weighted by atomic mass is 10.1. The average molecular weight is 1710 g/mol. The quantitative estimate of drug-likeness (QED) is 0.0276. The van der Waals surface area contributed by atoms with E-state index in [1.807, 2.05) is 81.0 Å². The van der Waals surface area contributed by atoms with Crippen molar-refractivity contribution in [3.05, 3.63) is 134 Å². The monoisotopic (exact) mass is 1710 g/mol. The van der Waals surface area contributed by atoms with E-state index in [0.29, 0.717) is 72.8 Å². The van der Waals surface area contributed by atoms with Crippen LogP contribution in [0.3, 0.4) is 0 Å². The maximum atomic E-state index is 12.2. The highest BCUT2D eigenvalue weighted by Crippen LogP contribution is 2.39. The summed E-state index contributed by atoms with van der Waals surface area (Å²) in [6, 6.07) is 15.1. The molecular formula is C82H121Br2N19O11. The number of hydrogen-bond donors (Lipinski definition) is 8. The van der Waals surface area contributed by atoms with Gasteiger partial charge >= 0.3 is 0 Å². The van der Waals surface area contributed by atoms with Crippen molar-refractivity contribution in [3.63, 3.8) is 0 Å². The Labute approximate surface area is 686 Å². The molecule has 0 radical (unpaired) electrons. The molecule has 114 heavy (non-hydrogen) atoms. The number of amides is 1. The first kappa shape index (κ1) is 89.3. The van der Waals surface area contributed by atoms with Gasteiger partial charge in [0.1, 0.15) is 100 Å². The largest absolute Gasteiger partial charge is 0.506 e. The molecular weight excluding hydrogens is 1590 g/mol. The Hall–Kier alpha value is -8.60. The van der Waals surface area contributed by atoms with Crippen LogP contribution in [0.1, 0.15) is 156 Å². The number of aromatic nitrogens is 10. The van der Waals surface area contributed by atoms with Crippen LogP contribution in [0.2, 0.25) is 0 Å². The van der Waals surface area contributed by atoms with E-state index in [2.05, 4.69) is 125 Å². The number of aromatic hydroxyl groups is 1. The number of nitrogen functional groups attached to an aromatic ring is 1. The normalized spacial score (nSPS) is 17.1. The van der Waals surface area contributed by atoms with Crippen LogP contribution in [0.4, 0.5) is 17.5 Å². The number of aliphatic hydroxyl groups excluding tert-OH is 2. The second-order valence-electron chi connectivity index (χ2n) is 30.0. The van der Waals surface area contributed by atoms with Gasteiger partial charge in [0.15, 0.2) is 17.5 Å². The Morgan fingerprint density at radius 3 is 1.38 bits per heavy atom. The number of likely N-dealkylation sites (tertiary alicyclic amines) is 4. The van der Waals surface area contributed by atoms with E-state index < -0.39 is 5.66 Å². The molecule has 624 valence electrons. The Bertz CT molecular complexity index is 4560. The smallest absolute Gasteiger partial charge is 0.270 e. The first-order chi connectivity index (χ1) is 54.9. The summed E-state index contributed by atoms with van der Waals surface area (Å²) >= 11 is 6.76. The molecule has 4 saturated heterocycles. The number of methoxy groups -OCH3 is 4. The van der Waals surface area contributed by atoms with Crippen LogP contribution >= 0.6 is 31.9 Å². The third-order valence-electron chi connectivity index (χ3n) is 21.8. The van der Waals surface area contributed by atoms with E-state index in [4.69, 9.17) is 50.1 Å². The molecule has 5 fully saturated rings. The van der Waals surface area contributed by atoms with Crippen LogP contribution in [-0.2, 0) is 18.8 Å². The number of carbonyl (C=O) groups is 1. The maximum Gasteiger partial charge on any atom is 0.270 e. The Morgan fingerprint density at radius 1 is 0.544 bits per heavy atom. The van der Waals surface area contributed by atoms with Gasteiger partial charge in [0, 0.05) is 88.6 Å². The minimum Gasteiger partial charge on any atom is -0.506 e. The van der Waals surface area contributed by atoms with Crippen molar-refractivity contribution in [2.24, 2.45) is 5.73 Å². The van der Waals surface area contributed by atoms with Gasteiger partial charge in [-0.05, 0) is 244 Å². The van der Waals surface area contributed by atoms with Gasteiger partial charge < -0.3 is 71.2 Å². The molecule has 12 heterocycles. The number of anilines is 3. The van der Waals surface area contributed by atoms with Gasteiger partial charge in [-0.1, -0.05) is 15.9 Å². The first-order valence-electron chi connectivity index (χ1n) is 39.7. The highest BCUT2D eigenvalue weighted by Gasteiger charge is 2.46. The molecule has 2 aromatic carbocycles. The number of carbonyl (C=O) groups excluding carboxylic acids is 1. The number of benzene rings is 2. The molecule has 0 bridgehead atoms. The lowest BCUT2D eigenvalue weighted by molar-refractivity contribution is 0.0920. The standard InChI is InChI=1S/C23H31N5O3.C16H18N4O3.C14H21N5O.C12H13BrN2O2.C7H14BrN.C7H15NO.C3H9NO/c1-16(27-9-5-6-10-27)14-31-21-13-28-22(17(21)2)23(25-15-26-28)24-12-18-7-8-19(29-3)11-20(18)30-4;1-10-13(21)8-20-15(10)16(18-9-19-20)17-7-11-4-5-12(22-2)6-14(11)23-3;1-10(18-5-3-4-6-18)8-20-12-7-19-13(11(12)2)14(15)16-9-17-19;1-7-6-8(13)11(17)15-9(7)10(16)14-12(15)4-2-3-5-12;1-7(6-8)9-4-2-3-5-9;1-7(6-9)8-4-2-3-5-8;1-3(4)2-5/h7-8,11,13,15-16H,5-6,9-10,12,14H2,1-4H3,(H,24,25,26);4-6,8-9,21H,7H2,1-3H3,(H,17,18,19);7,9-10H,3-6,8H2,1-2H3,(H2,15,16,17);6H,2-5H2,1H3,(H,14,16);7H,2-6H2,1H3;7,9H,2-6H2,1H3;3,5H,2,4H2,1H3/t16-;;10-;;2*7-;3-/m1.1.111/s1. The van der Waals surface area contributed by atoms with E-state index in [1.165, 1.54) is 103 Å². The van der Waals surface area contributed by atoms with Gasteiger partial charge in [0.05, 0.1) is 64.7 Å². The van der Waals surface area contributed by atoms with Gasteiger partial charge in [-0.2, -0.15) is 15.3 Å². The molecule has 0 unspecified atom stereocenters. The lowest BCUT2D eigenvalue weighted by Gasteiger charge is -2.26. The van der Waals surface area contributed by atoms with E-state index in [-0.39, 0.29) is 29.9 Å². The third-order valence-corrected chi connectivity index (χ3v) is 23.3. The molecule has 5 aliphatic heterocycles. The minimum atomic E-state index is -0.460. The molecule has 15 rings (SSSR count). The summed E-state index contributed by atoms with van der Waals surface area (Å²) in [6.45, 7) is 30.8. The highest BCUT2D eigenvalue weighted by atomic mass is 79.9. The highest BCUT2D eigenvalue weighted by molar-refractivity contribution is 9.10. The van der Waals surface area contributed by atoms with Crippen LogP contribution < -0.4 is 61.4 Å². The number of halogens is 2. The van der Waals surface area contributed by atoms with Gasteiger partial charge in [-0.25, -0.2) is 28.5 Å². The predicted octanol–water partition coefficient (Wildman–Crippen LogP) is 10.9. The molecule has 1 saturated carbocycles. The number of aliphatic hydroxyl groups is 2. The molecule has 32 heteroatoms. The fraction of sp³-hybridized carbons (Fsp3) is 0.561. The minimum absolute atomic E-state index is 0.0602. The van der Waals surface area contributed by atoms with Crippen molar-refractivity contribution in [1.82, 2.24) is 73.3 Å². The molecule has 5 atom stereocenters. The second-order valence-corrected chi connectivity index (χ2v) is 31.5. The number of nitrogens with zero attached hydrogens (tertiary/aromatic N) is 14. The molecule has 6 aliphatic rings. The number of nitrogens with one attached hydrogen (secondary N) is 3. The zero-order chi connectivity index (χ0) is 82.2. The Balaban J connectivity index is 0.000000161. The lowest BCUT2D eigenvalue weighted by Crippen LogP contribution is -2.45. The number of pyridine rings is 1. The number of ether oxygens (including phenoxy) is 6. The zero-order valence-electron chi connectivity index (χ0n) is 68.8. The van der Waals surface area contributed by atoms with Crippen molar-refractivity contribution in [1.29, 1.82) is 0 Å². The van der Waals surface area contributed by atoms with E-state index in [9.17, 15) is 14.7 Å². The number of fused-ring (bicyclic) bond motifs is 5. The number of nitrogens with two attached hydrogens (primary N) is 2. The SMILES string of the molecule is COc1ccc(CNc2ncnn3cc(O)c(C)c23)c(OC)c1.COc1ccc(CNc2ncnn3cc(OC[C@@H](C)N4CCCC4)c(C)c23)c(OC)c1.C[C@@H](N)CO.C[C@H](CBr)N1CCCC1.C[C@H](CO)N1CCCC1.Cc1c(OC[C@@H](C)N2CCCC2)cn2ncnc(N)c12.Cc1cc(Br)c(=O)n2c1C(=O)NC21CCCC1. The average Bonchev–Trinajstić information content (AvgIpc) is 1.57. The molecule has 7 aromatic heterocycles. The zero-order valence-corrected chi connectivity index (χ0v) is 71.9. The van der Waals surface area contributed by atoms with Crippen molar-refractivity contribution in [2.45, 2.75) is 188 Å². The van der Waals surface area contributed by atoms with Gasteiger partial charge in [0.2, 0.25) is 0 Å². The van der Waals surface area contributed by atoms with E-state index in [1.54, 1.807) is 67.6 Å². The maximum absolute atomic E-state index is 12.2. The van der Waals surface area contributed by atoms with Gasteiger partial charge in [-0.3, -0.25) is 33.8 Å². The summed E-state index contributed by atoms with van der Waals surface area (Å²) in [5.74, 6) is 6.65. The molecule has 1 aliphatic carbocycles. The Morgan fingerprint density at radius 2 is 0.956 bits per heavy atom. The van der Waals surface area contributed by atoms with Crippen LogP contribution in [0, 0.1) is 27.7 Å². The van der Waals surface area contributed by atoms with Crippen molar-refractivity contribution in [3.8, 4) is 40.2 Å². The summed E-state index contributed by atoms with van der Waals surface area (Å²) in [5, 5.41) is 50.1. The van der Waals surface area contributed by atoms with Crippen LogP contribution in [-0.4, -0.2) is 232 Å². The second kappa shape index (κ2) is 43.4. The summed E-state index contributed by atoms with van der Waals surface area (Å²) in [7, 11) is 6.54. The van der Waals surface area contributed by atoms with Gasteiger partial charge in [-0.15, -0.1) is 0 Å². The van der Waals surface area contributed by atoms with Crippen LogP contribution in [0.25, 0.3) is 16.6 Å². The number of rotatable bonds is 23. The Kier molecular flexibility index (Phi) is 34.0. The van der Waals surface area contributed by atoms with Crippen LogP contribution in [0.5, 0.6) is 40.2 Å². The summed E-state index contributed by atoms with van der Waals surface area (Å²) in [5.41, 5.74) is 19.0. The third kappa shape index (κ3) is 22.9. The molecule has 1 amide bonds. The summed E-state index contributed by atoms with van der Waals surface area (Å²) in [4.78, 5) is 46.9. The van der Waals surface area contributed by atoms with Crippen molar-refractivity contribution in [2.75, 3.05) is 129 Å². The van der Waals surface area contributed by atoms with Crippen molar-refractivity contribution >= 4 is 71.8 Å². The van der Waals surface area contributed by atoms with E-state index in [0.717, 1.165) is 140 Å². The summed E-state index contributed by atoms with van der Waals surface area (Å²) < 4.78 is 40.9. The molecule has 10 N–H and O–H groups in total. The summed E-state index contributed by atoms with van der Waals surface area (Å²) in [6.07, 6.45) is 24.2. The number of hydrogen-bond acceptors (Lipinski definition) is 25. The topological polar surface area (TPSA) is 347 Å².